The van der Waals surface area contributed by atoms with Crippen LogP contribution >= 0.6 is 0 Å². The SMILES string of the molecule is CC(=O)Nc1ccc(NC(=O)[C@H](C)Oc2ccc(C)cc2C)cc1. The minimum atomic E-state index is -0.624. The van der Waals surface area contributed by atoms with Crippen molar-refractivity contribution in [1.82, 2.24) is 0 Å². The Balaban J connectivity index is 1.97. The van der Waals surface area contributed by atoms with E-state index in [1.165, 1.54) is 6.92 Å². The molecular formula is C19H22N2O3. The molecule has 0 spiro atoms. The maximum absolute atomic E-state index is 12.3. The number of hydrogen-bond acceptors (Lipinski definition) is 3. The molecule has 0 unspecified atom stereocenters. The Bertz CT molecular complexity index is 739. The third-order valence-electron chi connectivity index (χ3n) is 3.48. The highest BCUT2D eigenvalue weighted by Gasteiger charge is 2.16. The van der Waals surface area contributed by atoms with Crippen molar-refractivity contribution in [2.75, 3.05) is 10.6 Å². The Labute approximate surface area is 142 Å². The van der Waals surface area contributed by atoms with Gasteiger partial charge in [-0.05, 0) is 56.7 Å². The summed E-state index contributed by atoms with van der Waals surface area (Å²) < 4.78 is 5.74. The standard InChI is InChI=1S/C19H22N2O3/c1-12-5-10-18(13(2)11-12)24-14(3)19(23)21-17-8-6-16(7-9-17)20-15(4)22/h5-11,14H,1-4H3,(H,20,22)(H,21,23)/t14-/m0/s1. The van der Waals surface area contributed by atoms with E-state index in [-0.39, 0.29) is 11.8 Å². The molecule has 0 radical (unpaired) electrons. The van der Waals surface area contributed by atoms with Crippen molar-refractivity contribution in [3.05, 3.63) is 53.6 Å². The number of ether oxygens (including phenoxy) is 1. The van der Waals surface area contributed by atoms with Crippen molar-refractivity contribution in [2.45, 2.75) is 33.8 Å². The van der Waals surface area contributed by atoms with Gasteiger partial charge >= 0.3 is 0 Å². The molecule has 0 saturated heterocycles. The molecule has 126 valence electrons. The topological polar surface area (TPSA) is 67.4 Å². The van der Waals surface area contributed by atoms with Gasteiger partial charge in [0.2, 0.25) is 5.91 Å². The molecule has 0 aliphatic carbocycles. The maximum atomic E-state index is 12.3. The molecule has 2 rings (SSSR count). The zero-order chi connectivity index (χ0) is 17.7. The van der Waals surface area contributed by atoms with Gasteiger partial charge in [-0.1, -0.05) is 17.7 Å². The summed E-state index contributed by atoms with van der Waals surface area (Å²) >= 11 is 0. The maximum Gasteiger partial charge on any atom is 0.265 e. The molecule has 0 fully saturated rings. The summed E-state index contributed by atoms with van der Waals surface area (Å²) in [6.07, 6.45) is -0.624. The van der Waals surface area contributed by atoms with Gasteiger partial charge in [-0.25, -0.2) is 0 Å². The van der Waals surface area contributed by atoms with E-state index in [9.17, 15) is 9.59 Å². The molecule has 5 heteroatoms. The Morgan fingerprint density at radius 1 is 0.958 bits per heavy atom. The Hall–Kier alpha value is -2.82. The summed E-state index contributed by atoms with van der Waals surface area (Å²) in [5.74, 6) is 0.328. The van der Waals surface area contributed by atoms with E-state index in [1.54, 1.807) is 31.2 Å². The number of carbonyl (C=O) groups is 2. The minimum absolute atomic E-state index is 0.137. The summed E-state index contributed by atoms with van der Waals surface area (Å²) in [6.45, 7) is 7.12. The molecule has 0 aliphatic rings. The van der Waals surface area contributed by atoms with E-state index in [2.05, 4.69) is 10.6 Å². The smallest absolute Gasteiger partial charge is 0.265 e. The fourth-order valence-electron chi connectivity index (χ4n) is 2.26. The van der Waals surface area contributed by atoms with Gasteiger partial charge < -0.3 is 15.4 Å². The molecule has 24 heavy (non-hydrogen) atoms. The molecule has 0 bridgehead atoms. The van der Waals surface area contributed by atoms with Crippen LogP contribution in [0.25, 0.3) is 0 Å². The fraction of sp³-hybridized carbons (Fsp3) is 0.263. The molecule has 2 N–H and O–H groups in total. The van der Waals surface area contributed by atoms with Crippen LogP contribution in [0.2, 0.25) is 0 Å². The Kier molecular flexibility index (Phi) is 5.58. The van der Waals surface area contributed by atoms with Gasteiger partial charge in [0.15, 0.2) is 6.10 Å². The predicted octanol–water partition coefficient (Wildman–Crippen LogP) is 3.67. The fourth-order valence-corrected chi connectivity index (χ4v) is 2.26. The lowest BCUT2D eigenvalue weighted by molar-refractivity contribution is -0.122. The molecule has 5 nitrogen and oxygen atoms in total. The van der Waals surface area contributed by atoms with Crippen LogP contribution < -0.4 is 15.4 Å². The molecule has 2 amide bonds. The van der Waals surface area contributed by atoms with E-state index < -0.39 is 6.10 Å². The minimum Gasteiger partial charge on any atom is -0.481 e. The largest absolute Gasteiger partial charge is 0.481 e. The van der Waals surface area contributed by atoms with Crippen LogP contribution in [-0.4, -0.2) is 17.9 Å². The van der Waals surface area contributed by atoms with E-state index in [0.29, 0.717) is 17.1 Å². The number of carbonyl (C=O) groups excluding carboxylic acids is 2. The van der Waals surface area contributed by atoms with Crippen molar-refractivity contribution >= 4 is 23.2 Å². The van der Waals surface area contributed by atoms with Crippen LogP contribution in [0.4, 0.5) is 11.4 Å². The molecule has 0 aliphatic heterocycles. The molecule has 2 aromatic carbocycles. The first kappa shape index (κ1) is 17.5. The van der Waals surface area contributed by atoms with E-state index in [4.69, 9.17) is 4.74 Å². The number of aryl methyl sites for hydroxylation is 2. The van der Waals surface area contributed by atoms with E-state index in [1.807, 2.05) is 32.0 Å². The highest BCUT2D eigenvalue weighted by Crippen LogP contribution is 2.20. The molecule has 0 aromatic heterocycles. The highest BCUT2D eigenvalue weighted by molar-refractivity contribution is 5.94. The average Bonchev–Trinajstić information content (AvgIpc) is 2.51. The second kappa shape index (κ2) is 7.64. The van der Waals surface area contributed by atoms with Crippen LogP contribution in [0.5, 0.6) is 5.75 Å². The van der Waals surface area contributed by atoms with Crippen molar-refractivity contribution < 1.29 is 14.3 Å². The van der Waals surface area contributed by atoms with Crippen LogP contribution in [0.3, 0.4) is 0 Å². The quantitative estimate of drug-likeness (QED) is 0.881. The van der Waals surface area contributed by atoms with Gasteiger partial charge in [0.1, 0.15) is 5.75 Å². The lowest BCUT2D eigenvalue weighted by Crippen LogP contribution is -2.30. The first-order valence-electron chi connectivity index (χ1n) is 7.77. The molecule has 1 atom stereocenters. The number of anilines is 2. The van der Waals surface area contributed by atoms with Gasteiger partial charge in [-0.2, -0.15) is 0 Å². The van der Waals surface area contributed by atoms with Crippen LogP contribution in [0.1, 0.15) is 25.0 Å². The third kappa shape index (κ3) is 4.84. The first-order valence-corrected chi connectivity index (χ1v) is 7.77. The van der Waals surface area contributed by atoms with Crippen LogP contribution in [-0.2, 0) is 9.59 Å². The van der Waals surface area contributed by atoms with Gasteiger partial charge in [0.05, 0.1) is 0 Å². The molecular weight excluding hydrogens is 304 g/mol. The van der Waals surface area contributed by atoms with Crippen LogP contribution in [0.15, 0.2) is 42.5 Å². The lowest BCUT2D eigenvalue weighted by atomic mass is 10.1. The third-order valence-corrected chi connectivity index (χ3v) is 3.48. The molecule has 0 heterocycles. The number of amides is 2. The summed E-state index contributed by atoms with van der Waals surface area (Å²) in [4.78, 5) is 23.2. The second-order valence-corrected chi connectivity index (χ2v) is 5.78. The van der Waals surface area contributed by atoms with Crippen molar-refractivity contribution in [3.8, 4) is 5.75 Å². The van der Waals surface area contributed by atoms with Crippen LogP contribution in [0, 0.1) is 13.8 Å². The number of hydrogen-bond donors (Lipinski definition) is 2. The average molecular weight is 326 g/mol. The second-order valence-electron chi connectivity index (χ2n) is 5.78. The first-order chi connectivity index (χ1) is 11.3. The Morgan fingerprint density at radius 3 is 2.08 bits per heavy atom. The summed E-state index contributed by atoms with van der Waals surface area (Å²) in [6, 6.07) is 12.8. The van der Waals surface area contributed by atoms with Gasteiger partial charge in [-0.3, -0.25) is 9.59 Å². The lowest BCUT2D eigenvalue weighted by Gasteiger charge is -2.16. The Morgan fingerprint density at radius 2 is 1.54 bits per heavy atom. The number of benzene rings is 2. The number of nitrogens with one attached hydrogen (secondary N) is 2. The molecule has 0 saturated carbocycles. The summed E-state index contributed by atoms with van der Waals surface area (Å²) in [5, 5.41) is 5.47. The van der Waals surface area contributed by atoms with Crippen molar-refractivity contribution in [1.29, 1.82) is 0 Å². The zero-order valence-electron chi connectivity index (χ0n) is 14.3. The normalized spacial score (nSPS) is 11.5. The van der Waals surface area contributed by atoms with Gasteiger partial charge in [0, 0.05) is 18.3 Å². The van der Waals surface area contributed by atoms with Gasteiger partial charge in [-0.15, -0.1) is 0 Å². The van der Waals surface area contributed by atoms with E-state index >= 15 is 0 Å². The zero-order valence-corrected chi connectivity index (χ0v) is 14.3. The van der Waals surface area contributed by atoms with E-state index in [0.717, 1.165) is 11.1 Å². The highest BCUT2D eigenvalue weighted by atomic mass is 16.5. The van der Waals surface area contributed by atoms with Crippen molar-refractivity contribution in [2.24, 2.45) is 0 Å². The van der Waals surface area contributed by atoms with Crippen molar-refractivity contribution in [3.63, 3.8) is 0 Å². The number of rotatable bonds is 5. The summed E-state index contributed by atoms with van der Waals surface area (Å²) in [5.41, 5.74) is 3.47. The summed E-state index contributed by atoms with van der Waals surface area (Å²) in [7, 11) is 0. The van der Waals surface area contributed by atoms with Gasteiger partial charge in [0.25, 0.3) is 5.91 Å². The molecule has 2 aromatic rings. The monoisotopic (exact) mass is 326 g/mol. The predicted molar refractivity (Wildman–Crippen MR) is 95.4 cm³/mol.